The third kappa shape index (κ3) is 3.41. The van der Waals surface area contributed by atoms with E-state index in [9.17, 15) is 18.5 Å². The molecule has 0 bridgehead atoms. The third-order valence-electron chi connectivity index (χ3n) is 2.05. The van der Waals surface area contributed by atoms with Gasteiger partial charge < -0.3 is 9.64 Å². The minimum absolute atomic E-state index is 0.120. The van der Waals surface area contributed by atoms with E-state index in [-0.39, 0.29) is 5.75 Å². The smallest absolute Gasteiger partial charge is 0.294 e. The number of hydrogen-bond donors (Lipinski definition) is 0. The van der Waals surface area contributed by atoms with Gasteiger partial charge in [-0.3, -0.25) is 10.1 Å². The summed E-state index contributed by atoms with van der Waals surface area (Å²) in [4.78, 5) is 11.0. The van der Waals surface area contributed by atoms with Crippen molar-refractivity contribution in [2.24, 2.45) is 4.40 Å². The molecule has 9 heteroatoms. The first-order chi connectivity index (χ1) is 8.79. The fourth-order valence-electron chi connectivity index (χ4n) is 1.28. The number of ether oxygens (including phenoxy) is 1. The van der Waals surface area contributed by atoms with Gasteiger partial charge in [0.15, 0.2) is 0 Å². The normalized spacial score (nSPS) is 11.5. The number of methoxy groups -OCH3 is 1. The van der Waals surface area contributed by atoms with Gasteiger partial charge in [-0.25, -0.2) is 0 Å². The average Bonchev–Trinajstić information content (AvgIpc) is 2.35. The van der Waals surface area contributed by atoms with Gasteiger partial charge in [-0.1, -0.05) is 6.07 Å². The maximum atomic E-state index is 12.0. The van der Waals surface area contributed by atoms with Crippen LogP contribution in [0.1, 0.15) is 0 Å². The lowest BCUT2D eigenvalue weighted by Crippen LogP contribution is -2.11. The Morgan fingerprint density at radius 1 is 1.42 bits per heavy atom. The second-order valence-corrected chi connectivity index (χ2v) is 5.29. The molecule has 19 heavy (non-hydrogen) atoms. The van der Waals surface area contributed by atoms with Crippen LogP contribution in [0.25, 0.3) is 0 Å². The summed E-state index contributed by atoms with van der Waals surface area (Å²) in [5.74, 6) is -0.120. The lowest BCUT2D eigenvalue weighted by atomic mass is 10.3. The number of rotatable bonds is 5. The first-order valence-corrected chi connectivity index (χ1v) is 6.52. The van der Waals surface area contributed by atoms with Gasteiger partial charge in [-0.05, 0) is 6.07 Å². The summed E-state index contributed by atoms with van der Waals surface area (Å²) in [5.41, 5.74) is -0.574. The summed E-state index contributed by atoms with van der Waals surface area (Å²) < 4.78 is 32.3. The molecule has 8 nitrogen and oxygen atoms in total. The van der Waals surface area contributed by atoms with Crippen LogP contribution in [-0.4, -0.2) is 45.8 Å². The fourth-order valence-corrected chi connectivity index (χ4v) is 2.51. The van der Waals surface area contributed by atoms with E-state index in [0.717, 1.165) is 12.4 Å². The zero-order valence-electron chi connectivity index (χ0n) is 10.6. The van der Waals surface area contributed by atoms with Crippen molar-refractivity contribution in [3.05, 3.63) is 28.3 Å². The molecule has 0 saturated heterocycles. The molecule has 0 amide bonds. The van der Waals surface area contributed by atoms with Crippen molar-refractivity contribution in [1.29, 1.82) is 0 Å². The SMILES string of the molecule is COc1cccc([N+](=O)[O-])c1S(=O)(=O)/N=C/N(C)C. The third-order valence-corrected chi connectivity index (χ3v) is 3.35. The van der Waals surface area contributed by atoms with Gasteiger partial charge in [-0.2, -0.15) is 8.42 Å². The predicted octanol–water partition coefficient (Wildman–Crippen LogP) is 0.882. The van der Waals surface area contributed by atoms with Crippen LogP contribution in [0.3, 0.4) is 0 Å². The van der Waals surface area contributed by atoms with Crippen molar-refractivity contribution in [1.82, 2.24) is 4.90 Å². The van der Waals surface area contributed by atoms with Crippen LogP contribution in [0.2, 0.25) is 0 Å². The van der Waals surface area contributed by atoms with Crippen molar-refractivity contribution in [2.45, 2.75) is 4.90 Å². The minimum atomic E-state index is -4.21. The maximum absolute atomic E-state index is 12.0. The summed E-state index contributed by atoms with van der Waals surface area (Å²) >= 11 is 0. The molecule has 0 unspecified atom stereocenters. The first-order valence-electron chi connectivity index (χ1n) is 5.08. The van der Waals surface area contributed by atoms with Gasteiger partial charge in [0, 0.05) is 20.2 Å². The zero-order valence-corrected chi connectivity index (χ0v) is 11.4. The van der Waals surface area contributed by atoms with Gasteiger partial charge in [0.25, 0.3) is 15.7 Å². The Kier molecular flexibility index (Phi) is 4.43. The second-order valence-electron chi connectivity index (χ2n) is 3.73. The van der Waals surface area contributed by atoms with E-state index in [1.54, 1.807) is 14.1 Å². The zero-order chi connectivity index (χ0) is 14.6. The Bertz CT molecular complexity index is 610. The highest BCUT2D eigenvalue weighted by molar-refractivity contribution is 7.90. The molecule has 0 fully saturated rings. The molecule has 0 radical (unpaired) electrons. The Hall–Kier alpha value is -2.16. The van der Waals surface area contributed by atoms with E-state index in [1.165, 1.54) is 24.1 Å². The molecule has 0 spiro atoms. The van der Waals surface area contributed by atoms with Gasteiger partial charge in [0.1, 0.15) is 12.1 Å². The van der Waals surface area contributed by atoms with Crippen molar-refractivity contribution in [2.75, 3.05) is 21.2 Å². The first kappa shape index (κ1) is 14.9. The summed E-state index contributed by atoms with van der Waals surface area (Å²) in [6.45, 7) is 0. The number of benzene rings is 1. The molecule has 0 N–H and O–H groups in total. The monoisotopic (exact) mass is 287 g/mol. The van der Waals surface area contributed by atoms with Gasteiger partial charge in [-0.15, -0.1) is 4.40 Å². The fraction of sp³-hybridized carbons (Fsp3) is 0.300. The van der Waals surface area contributed by atoms with Gasteiger partial charge in [0.2, 0.25) is 4.90 Å². The number of nitrogens with zero attached hydrogens (tertiary/aromatic N) is 3. The molecule has 104 valence electrons. The highest BCUT2D eigenvalue weighted by Gasteiger charge is 2.29. The highest BCUT2D eigenvalue weighted by Crippen LogP contribution is 2.33. The second kappa shape index (κ2) is 5.65. The molecule has 0 aliphatic heterocycles. The molecule has 0 heterocycles. The summed E-state index contributed by atoms with van der Waals surface area (Å²) in [5, 5.41) is 10.9. The topological polar surface area (TPSA) is 102 Å². The van der Waals surface area contributed by atoms with Crippen LogP contribution >= 0.6 is 0 Å². The van der Waals surface area contributed by atoms with Gasteiger partial charge in [0.05, 0.1) is 12.0 Å². The van der Waals surface area contributed by atoms with Crippen LogP contribution < -0.4 is 4.74 Å². The molecule has 1 aromatic rings. The minimum Gasteiger partial charge on any atom is -0.495 e. The molecule has 0 aliphatic rings. The Morgan fingerprint density at radius 3 is 2.53 bits per heavy atom. The number of nitro benzene ring substituents is 1. The quantitative estimate of drug-likeness (QED) is 0.345. The maximum Gasteiger partial charge on any atom is 0.294 e. The number of nitro groups is 1. The highest BCUT2D eigenvalue weighted by atomic mass is 32.2. The molecule has 0 aliphatic carbocycles. The van der Waals surface area contributed by atoms with E-state index in [1.807, 2.05) is 0 Å². The lowest BCUT2D eigenvalue weighted by Gasteiger charge is -2.07. The van der Waals surface area contributed by atoms with E-state index < -0.39 is 25.5 Å². The molecule has 1 aromatic carbocycles. The van der Waals surface area contributed by atoms with Crippen molar-refractivity contribution < 1.29 is 18.1 Å². The molecule has 0 atom stereocenters. The molecule has 0 aromatic heterocycles. The van der Waals surface area contributed by atoms with Crippen LogP contribution in [-0.2, 0) is 10.0 Å². The lowest BCUT2D eigenvalue weighted by molar-refractivity contribution is -0.387. The average molecular weight is 287 g/mol. The Morgan fingerprint density at radius 2 is 2.05 bits per heavy atom. The molecule has 0 saturated carbocycles. The summed E-state index contributed by atoms with van der Waals surface area (Å²) in [6.07, 6.45) is 1.05. The van der Waals surface area contributed by atoms with Gasteiger partial charge >= 0.3 is 0 Å². The van der Waals surface area contributed by atoms with Crippen molar-refractivity contribution in [3.8, 4) is 5.75 Å². The Labute approximate surface area is 110 Å². The molecule has 1 rings (SSSR count). The standard InChI is InChI=1S/C10H13N3O5S/c1-12(2)7-11-19(16,17)10-8(13(14)15)5-4-6-9(10)18-3/h4-7H,1-3H3/b11-7+. The van der Waals surface area contributed by atoms with Crippen LogP contribution in [0.4, 0.5) is 5.69 Å². The van der Waals surface area contributed by atoms with Crippen LogP contribution in [0, 0.1) is 10.1 Å². The van der Waals surface area contributed by atoms with Crippen molar-refractivity contribution >= 4 is 22.0 Å². The van der Waals surface area contributed by atoms with E-state index >= 15 is 0 Å². The largest absolute Gasteiger partial charge is 0.495 e. The number of sulfonamides is 1. The van der Waals surface area contributed by atoms with E-state index in [4.69, 9.17) is 4.74 Å². The Balaban J connectivity index is 3.51. The predicted molar refractivity (Wildman–Crippen MR) is 69.0 cm³/mol. The van der Waals surface area contributed by atoms with Crippen molar-refractivity contribution in [3.63, 3.8) is 0 Å². The summed E-state index contributed by atoms with van der Waals surface area (Å²) in [6, 6.07) is 3.75. The van der Waals surface area contributed by atoms with Crippen LogP contribution in [0.5, 0.6) is 5.75 Å². The van der Waals surface area contributed by atoms with E-state index in [2.05, 4.69) is 4.40 Å². The summed E-state index contributed by atoms with van der Waals surface area (Å²) in [7, 11) is 0.175. The molecular weight excluding hydrogens is 274 g/mol. The number of hydrogen-bond acceptors (Lipinski definition) is 5. The van der Waals surface area contributed by atoms with Crippen LogP contribution in [0.15, 0.2) is 27.5 Å². The van der Waals surface area contributed by atoms with E-state index in [0.29, 0.717) is 0 Å². The molecular formula is C10H13N3O5S.